The van der Waals surface area contributed by atoms with Crippen molar-refractivity contribution in [2.24, 2.45) is 5.92 Å². The van der Waals surface area contributed by atoms with Crippen molar-refractivity contribution in [1.29, 1.82) is 0 Å². The standard InChI is InChI=1S/C20H28N4O/c1-13(2)10-11-21-20(25)18-12-19(23-15(5)22-18)24-17-8-6-16(7-9-17)14(3)4/h6-9,12-14H,10-11H2,1-5H3,(H,21,25)(H,22,23,24). The van der Waals surface area contributed by atoms with Crippen molar-refractivity contribution >= 4 is 17.4 Å². The smallest absolute Gasteiger partial charge is 0.270 e. The van der Waals surface area contributed by atoms with Crippen LogP contribution in [0.2, 0.25) is 0 Å². The normalized spacial score (nSPS) is 11.0. The van der Waals surface area contributed by atoms with Gasteiger partial charge in [-0.05, 0) is 42.9 Å². The molecule has 1 amide bonds. The Labute approximate surface area is 150 Å². The minimum Gasteiger partial charge on any atom is -0.351 e. The van der Waals surface area contributed by atoms with Crippen LogP contribution < -0.4 is 10.6 Å². The minimum absolute atomic E-state index is 0.163. The highest BCUT2D eigenvalue weighted by atomic mass is 16.1. The lowest BCUT2D eigenvalue weighted by Crippen LogP contribution is -2.26. The molecule has 2 N–H and O–H groups in total. The first-order chi connectivity index (χ1) is 11.8. The van der Waals surface area contributed by atoms with Crippen LogP contribution in [0.4, 0.5) is 11.5 Å². The Morgan fingerprint density at radius 2 is 1.76 bits per heavy atom. The van der Waals surface area contributed by atoms with Crippen molar-refractivity contribution in [2.45, 2.75) is 47.0 Å². The summed E-state index contributed by atoms with van der Waals surface area (Å²) in [6, 6.07) is 9.93. The lowest BCUT2D eigenvalue weighted by atomic mass is 10.0. The molecular weight excluding hydrogens is 312 g/mol. The van der Waals surface area contributed by atoms with E-state index >= 15 is 0 Å². The SMILES string of the molecule is Cc1nc(Nc2ccc(C(C)C)cc2)cc(C(=O)NCCC(C)C)n1. The predicted molar refractivity (Wildman–Crippen MR) is 102 cm³/mol. The van der Waals surface area contributed by atoms with Crippen LogP contribution >= 0.6 is 0 Å². The van der Waals surface area contributed by atoms with Crippen LogP contribution in [-0.4, -0.2) is 22.4 Å². The highest BCUT2D eigenvalue weighted by Crippen LogP contribution is 2.20. The largest absolute Gasteiger partial charge is 0.351 e. The molecule has 5 nitrogen and oxygen atoms in total. The van der Waals surface area contributed by atoms with E-state index in [1.807, 2.05) is 12.1 Å². The van der Waals surface area contributed by atoms with Gasteiger partial charge in [-0.2, -0.15) is 0 Å². The second-order valence-corrected chi connectivity index (χ2v) is 7.03. The van der Waals surface area contributed by atoms with Crippen molar-refractivity contribution in [2.75, 3.05) is 11.9 Å². The number of nitrogens with one attached hydrogen (secondary N) is 2. The molecule has 1 aromatic heterocycles. The number of aryl methyl sites for hydroxylation is 1. The van der Waals surface area contributed by atoms with Gasteiger partial charge in [0.2, 0.25) is 0 Å². The fraction of sp³-hybridized carbons (Fsp3) is 0.450. The molecule has 0 aliphatic heterocycles. The van der Waals surface area contributed by atoms with E-state index in [2.05, 4.69) is 60.4 Å². The monoisotopic (exact) mass is 340 g/mol. The Kier molecular flexibility index (Phi) is 6.51. The number of aromatic nitrogens is 2. The van der Waals surface area contributed by atoms with Gasteiger partial charge >= 0.3 is 0 Å². The van der Waals surface area contributed by atoms with E-state index in [0.29, 0.717) is 35.7 Å². The van der Waals surface area contributed by atoms with E-state index < -0.39 is 0 Å². The molecule has 0 aliphatic rings. The molecule has 0 spiro atoms. The molecule has 0 unspecified atom stereocenters. The average Bonchev–Trinajstić information content (AvgIpc) is 2.54. The lowest BCUT2D eigenvalue weighted by Gasteiger charge is -2.11. The molecule has 25 heavy (non-hydrogen) atoms. The second-order valence-electron chi connectivity index (χ2n) is 7.03. The maximum Gasteiger partial charge on any atom is 0.270 e. The molecule has 0 atom stereocenters. The van der Waals surface area contributed by atoms with Gasteiger partial charge in [0.15, 0.2) is 0 Å². The maximum absolute atomic E-state index is 12.3. The maximum atomic E-state index is 12.3. The van der Waals surface area contributed by atoms with Gasteiger partial charge in [0.1, 0.15) is 17.3 Å². The molecule has 0 bridgehead atoms. The molecule has 2 aromatic rings. The first-order valence-electron chi connectivity index (χ1n) is 8.86. The number of carbonyl (C=O) groups excluding carboxylic acids is 1. The summed E-state index contributed by atoms with van der Waals surface area (Å²) in [4.78, 5) is 20.9. The summed E-state index contributed by atoms with van der Waals surface area (Å²) in [5.41, 5.74) is 2.61. The number of rotatable bonds is 7. The van der Waals surface area contributed by atoms with Gasteiger partial charge < -0.3 is 10.6 Å². The van der Waals surface area contributed by atoms with Gasteiger partial charge in [-0.25, -0.2) is 9.97 Å². The molecule has 0 fully saturated rings. The van der Waals surface area contributed by atoms with E-state index in [-0.39, 0.29) is 5.91 Å². The summed E-state index contributed by atoms with van der Waals surface area (Å²) in [5, 5.41) is 6.16. The van der Waals surface area contributed by atoms with Gasteiger partial charge in [-0.15, -0.1) is 0 Å². The quantitative estimate of drug-likeness (QED) is 0.782. The van der Waals surface area contributed by atoms with E-state index in [1.165, 1.54) is 5.56 Å². The molecule has 1 heterocycles. The number of hydrogen-bond donors (Lipinski definition) is 2. The van der Waals surface area contributed by atoms with Crippen molar-refractivity contribution in [3.63, 3.8) is 0 Å². The van der Waals surface area contributed by atoms with E-state index in [1.54, 1.807) is 13.0 Å². The van der Waals surface area contributed by atoms with Crippen LogP contribution in [0.25, 0.3) is 0 Å². The first-order valence-corrected chi connectivity index (χ1v) is 8.86. The molecular formula is C20H28N4O. The zero-order valence-corrected chi connectivity index (χ0v) is 15.8. The number of nitrogens with zero attached hydrogens (tertiary/aromatic N) is 2. The van der Waals surface area contributed by atoms with Gasteiger partial charge in [-0.3, -0.25) is 4.79 Å². The van der Waals surface area contributed by atoms with Crippen LogP contribution in [0.1, 0.15) is 61.9 Å². The molecule has 134 valence electrons. The zero-order chi connectivity index (χ0) is 18.4. The predicted octanol–water partition coefficient (Wildman–Crippen LogP) is 4.43. The van der Waals surface area contributed by atoms with Crippen LogP contribution in [0.15, 0.2) is 30.3 Å². The number of benzene rings is 1. The highest BCUT2D eigenvalue weighted by Gasteiger charge is 2.11. The Hall–Kier alpha value is -2.43. The molecule has 0 radical (unpaired) electrons. The van der Waals surface area contributed by atoms with Crippen LogP contribution in [0.3, 0.4) is 0 Å². The third kappa shape index (κ3) is 5.85. The number of carbonyl (C=O) groups is 1. The van der Waals surface area contributed by atoms with E-state index in [4.69, 9.17) is 0 Å². The fourth-order valence-corrected chi connectivity index (χ4v) is 2.41. The molecule has 0 saturated carbocycles. The second kappa shape index (κ2) is 8.60. The Morgan fingerprint density at radius 1 is 1.08 bits per heavy atom. The number of hydrogen-bond acceptors (Lipinski definition) is 4. The Balaban J connectivity index is 2.08. The molecule has 1 aromatic carbocycles. The van der Waals surface area contributed by atoms with E-state index in [9.17, 15) is 4.79 Å². The fourth-order valence-electron chi connectivity index (χ4n) is 2.41. The Morgan fingerprint density at radius 3 is 2.36 bits per heavy atom. The number of anilines is 2. The summed E-state index contributed by atoms with van der Waals surface area (Å²) in [6.45, 7) is 11.0. The topological polar surface area (TPSA) is 66.9 Å². The van der Waals surface area contributed by atoms with E-state index in [0.717, 1.165) is 12.1 Å². The van der Waals surface area contributed by atoms with Crippen LogP contribution in [-0.2, 0) is 0 Å². The lowest BCUT2D eigenvalue weighted by molar-refractivity contribution is 0.0946. The van der Waals surface area contributed by atoms with Crippen LogP contribution in [0, 0.1) is 12.8 Å². The van der Waals surface area contributed by atoms with Gasteiger partial charge in [-0.1, -0.05) is 39.8 Å². The summed E-state index contributed by atoms with van der Waals surface area (Å²) >= 11 is 0. The zero-order valence-electron chi connectivity index (χ0n) is 15.8. The minimum atomic E-state index is -0.163. The summed E-state index contributed by atoms with van der Waals surface area (Å²) in [5.74, 6) is 2.08. The van der Waals surface area contributed by atoms with Crippen molar-refractivity contribution < 1.29 is 4.79 Å². The van der Waals surface area contributed by atoms with Crippen molar-refractivity contribution in [3.05, 3.63) is 47.4 Å². The molecule has 0 aliphatic carbocycles. The van der Waals surface area contributed by atoms with Gasteiger partial charge in [0.05, 0.1) is 0 Å². The Bertz CT molecular complexity index is 708. The summed E-state index contributed by atoms with van der Waals surface area (Å²) < 4.78 is 0. The first kappa shape index (κ1) is 18.9. The third-order valence-electron chi connectivity index (χ3n) is 3.93. The average molecular weight is 340 g/mol. The van der Waals surface area contributed by atoms with Crippen LogP contribution in [0.5, 0.6) is 0 Å². The number of amides is 1. The third-order valence-corrected chi connectivity index (χ3v) is 3.93. The van der Waals surface area contributed by atoms with Crippen molar-refractivity contribution in [1.82, 2.24) is 15.3 Å². The van der Waals surface area contributed by atoms with Gasteiger partial charge in [0, 0.05) is 18.3 Å². The molecule has 0 saturated heterocycles. The summed E-state index contributed by atoms with van der Waals surface area (Å²) in [6.07, 6.45) is 0.948. The highest BCUT2D eigenvalue weighted by molar-refractivity contribution is 5.93. The van der Waals surface area contributed by atoms with Crippen molar-refractivity contribution in [3.8, 4) is 0 Å². The molecule has 2 rings (SSSR count). The molecule has 5 heteroatoms. The summed E-state index contributed by atoms with van der Waals surface area (Å²) in [7, 11) is 0. The van der Waals surface area contributed by atoms with Gasteiger partial charge in [0.25, 0.3) is 5.91 Å².